The van der Waals surface area contributed by atoms with Crippen molar-refractivity contribution in [1.82, 2.24) is 4.90 Å². The van der Waals surface area contributed by atoms with Gasteiger partial charge in [0.1, 0.15) is 11.4 Å². The van der Waals surface area contributed by atoms with Crippen molar-refractivity contribution in [2.24, 2.45) is 0 Å². The molecule has 0 aromatic heterocycles. The minimum absolute atomic E-state index is 0.401. The standard InChI is InChI=1S/C15H19N3O2/c1-18(2)9-8-16-12-13(15(20)14(12)19)17-10-11-6-4-3-5-7-11/h3-7,16-17H,8-10H2,1-2H3. The summed E-state index contributed by atoms with van der Waals surface area (Å²) in [6.07, 6.45) is 0. The Hall–Kier alpha value is -2.14. The molecule has 5 heteroatoms. The highest BCUT2D eigenvalue weighted by Crippen LogP contribution is 2.15. The van der Waals surface area contributed by atoms with Crippen molar-refractivity contribution in [3.05, 3.63) is 56.3 Å². The minimum Gasteiger partial charge on any atom is -0.379 e. The molecule has 2 aromatic rings. The van der Waals surface area contributed by atoms with Crippen LogP contribution in [0, 0.1) is 0 Å². The third-order valence-electron chi connectivity index (χ3n) is 3.08. The van der Waals surface area contributed by atoms with Gasteiger partial charge in [-0.3, -0.25) is 9.59 Å². The van der Waals surface area contributed by atoms with Crippen LogP contribution in [0.1, 0.15) is 5.56 Å². The van der Waals surface area contributed by atoms with Crippen LogP contribution in [0.15, 0.2) is 39.9 Å². The van der Waals surface area contributed by atoms with Crippen LogP contribution < -0.4 is 21.5 Å². The monoisotopic (exact) mass is 273 g/mol. The molecule has 106 valence electrons. The van der Waals surface area contributed by atoms with Crippen molar-refractivity contribution in [2.45, 2.75) is 6.54 Å². The highest BCUT2D eigenvalue weighted by Gasteiger charge is 2.19. The summed E-state index contributed by atoms with van der Waals surface area (Å²) < 4.78 is 0. The van der Waals surface area contributed by atoms with E-state index in [1.54, 1.807) is 0 Å². The van der Waals surface area contributed by atoms with Crippen LogP contribution in [0.2, 0.25) is 0 Å². The summed E-state index contributed by atoms with van der Waals surface area (Å²) in [5.74, 6) is 0. The van der Waals surface area contributed by atoms with Crippen LogP contribution in [0.3, 0.4) is 0 Å². The van der Waals surface area contributed by atoms with Crippen molar-refractivity contribution in [1.29, 1.82) is 0 Å². The van der Waals surface area contributed by atoms with Crippen molar-refractivity contribution in [3.8, 4) is 0 Å². The second-order valence-corrected chi connectivity index (χ2v) is 4.98. The van der Waals surface area contributed by atoms with E-state index in [9.17, 15) is 9.59 Å². The van der Waals surface area contributed by atoms with Gasteiger partial charge in [0.2, 0.25) is 0 Å². The van der Waals surface area contributed by atoms with E-state index in [2.05, 4.69) is 10.6 Å². The van der Waals surface area contributed by atoms with Crippen molar-refractivity contribution < 1.29 is 0 Å². The molecular weight excluding hydrogens is 254 g/mol. The molecule has 2 aromatic carbocycles. The first-order chi connectivity index (χ1) is 9.59. The fourth-order valence-electron chi connectivity index (χ4n) is 1.92. The maximum atomic E-state index is 11.6. The van der Waals surface area contributed by atoms with Crippen LogP contribution in [-0.2, 0) is 6.54 Å². The smallest absolute Gasteiger partial charge is 0.253 e. The van der Waals surface area contributed by atoms with Gasteiger partial charge in [-0.2, -0.15) is 0 Å². The largest absolute Gasteiger partial charge is 0.379 e. The fraction of sp³-hybridized carbons (Fsp3) is 0.333. The van der Waals surface area contributed by atoms with Crippen LogP contribution in [0.25, 0.3) is 0 Å². The lowest BCUT2D eigenvalue weighted by Crippen LogP contribution is -2.38. The number of hydrogen-bond acceptors (Lipinski definition) is 5. The Morgan fingerprint density at radius 2 is 1.55 bits per heavy atom. The molecule has 0 aliphatic heterocycles. The Bertz CT molecular complexity index is 628. The highest BCUT2D eigenvalue weighted by atomic mass is 16.2. The molecule has 5 nitrogen and oxygen atoms in total. The van der Waals surface area contributed by atoms with Gasteiger partial charge in [-0.05, 0) is 19.7 Å². The number of rotatable bonds is 7. The van der Waals surface area contributed by atoms with Crippen molar-refractivity contribution >= 4 is 11.4 Å². The number of anilines is 2. The van der Waals surface area contributed by atoms with Crippen LogP contribution >= 0.6 is 0 Å². The van der Waals surface area contributed by atoms with Gasteiger partial charge in [-0.15, -0.1) is 0 Å². The topological polar surface area (TPSA) is 61.4 Å². The summed E-state index contributed by atoms with van der Waals surface area (Å²) in [6.45, 7) is 1.98. The molecule has 0 fully saturated rings. The molecule has 0 radical (unpaired) electrons. The molecule has 0 atom stereocenters. The van der Waals surface area contributed by atoms with Gasteiger partial charge in [0, 0.05) is 19.6 Å². The lowest BCUT2D eigenvalue weighted by molar-refractivity contribution is 0.425. The molecule has 0 amide bonds. The normalized spacial score (nSPS) is 10.9. The summed E-state index contributed by atoms with van der Waals surface area (Å²) in [6, 6.07) is 9.76. The molecule has 0 aliphatic carbocycles. The number of nitrogens with one attached hydrogen (secondary N) is 2. The zero-order valence-corrected chi connectivity index (χ0v) is 11.8. The van der Waals surface area contributed by atoms with Crippen LogP contribution in [0.4, 0.5) is 11.4 Å². The van der Waals surface area contributed by atoms with Crippen molar-refractivity contribution in [2.75, 3.05) is 37.8 Å². The second-order valence-electron chi connectivity index (χ2n) is 4.98. The number of hydrogen-bond donors (Lipinski definition) is 2. The predicted molar refractivity (Wildman–Crippen MR) is 82.2 cm³/mol. The Balaban J connectivity index is 1.96. The molecule has 0 saturated carbocycles. The average Bonchev–Trinajstić information content (AvgIpc) is 2.45. The van der Waals surface area contributed by atoms with E-state index in [0.29, 0.717) is 24.5 Å². The Morgan fingerprint density at radius 3 is 2.15 bits per heavy atom. The molecular formula is C15H19N3O2. The lowest BCUT2D eigenvalue weighted by Gasteiger charge is -2.16. The molecule has 0 heterocycles. The SMILES string of the molecule is CN(C)CCNc1c(NCc2ccccc2)c(=O)c1=O. The van der Waals surface area contributed by atoms with Gasteiger partial charge in [-0.25, -0.2) is 0 Å². The molecule has 20 heavy (non-hydrogen) atoms. The Labute approximate surface area is 117 Å². The van der Waals surface area contributed by atoms with E-state index < -0.39 is 10.9 Å². The zero-order valence-electron chi connectivity index (χ0n) is 11.8. The van der Waals surface area contributed by atoms with Gasteiger partial charge in [-0.1, -0.05) is 30.3 Å². The molecule has 0 unspecified atom stereocenters. The quantitative estimate of drug-likeness (QED) is 0.733. The predicted octanol–water partition coefficient (Wildman–Crippen LogP) is 0.868. The number of nitrogens with zero attached hydrogens (tertiary/aromatic N) is 1. The van der Waals surface area contributed by atoms with E-state index in [-0.39, 0.29) is 0 Å². The third kappa shape index (κ3) is 3.24. The first-order valence-corrected chi connectivity index (χ1v) is 6.59. The Kier molecular flexibility index (Phi) is 4.53. The first-order valence-electron chi connectivity index (χ1n) is 6.59. The maximum Gasteiger partial charge on any atom is 0.253 e. The van der Waals surface area contributed by atoms with E-state index in [1.165, 1.54) is 0 Å². The summed E-state index contributed by atoms with van der Waals surface area (Å²) >= 11 is 0. The fourth-order valence-corrected chi connectivity index (χ4v) is 1.92. The van der Waals surface area contributed by atoms with E-state index >= 15 is 0 Å². The van der Waals surface area contributed by atoms with E-state index in [4.69, 9.17) is 0 Å². The lowest BCUT2D eigenvalue weighted by atomic mass is 10.1. The second kappa shape index (κ2) is 6.34. The van der Waals surface area contributed by atoms with Gasteiger partial charge >= 0.3 is 0 Å². The van der Waals surface area contributed by atoms with Gasteiger partial charge < -0.3 is 15.5 Å². The third-order valence-corrected chi connectivity index (χ3v) is 3.08. The summed E-state index contributed by atoms with van der Waals surface area (Å²) in [5.41, 5.74) is 1.01. The molecule has 2 rings (SSSR count). The van der Waals surface area contributed by atoms with Gasteiger partial charge in [0.05, 0.1) is 0 Å². The molecule has 0 saturated heterocycles. The average molecular weight is 273 g/mol. The summed E-state index contributed by atoms with van der Waals surface area (Å²) in [4.78, 5) is 25.1. The van der Waals surface area contributed by atoms with Crippen molar-refractivity contribution in [3.63, 3.8) is 0 Å². The number of likely N-dealkylation sites (N-methyl/N-ethyl adjacent to an activating group) is 1. The van der Waals surface area contributed by atoms with E-state index in [1.807, 2.05) is 49.3 Å². The molecule has 0 bridgehead atoms. The number of benzene rings is 1. The first kappa shape index (κ1) is 14.3. The molecule has 2 N–H and O–H groups in total. The summed E-state index contributed by atoms with van der Waals surface area (Å²) in [7, 11) is 3.91. The maximum absolute atomic E-state index is 11.6. The highest BCUT2D eigenvalue weighted by molar-refractivity contribution is 5.73. The minimum atomic E-state index is -0.437. The Morgan fingerprint density at radius 1 is 0.950 bits per heavy atom. The van der Waals surface area contributed by atoms with Crippen LogP contribution in [-0.4, -0.2) is 32.1 Å². The zero-order chi connectivity index (χ0) is 14.5. The van der Waals surface area contributed by atoms with E-state index in [0.717, 1.165) is 12.1 Å². The summed E-state index contributed by atoms with van der Waals surface area (Å²) in [5, 5.41) is 6.06. The molecule has 0 spiro atoms. The van der Waals surface area contributed by atoms with Crippen LogP contribution in [0.5, 0.6) is 0 Å². The van der Waals surface area contributed by atoms with Gasteiger partial charge in [0.25, 0.3) is 10.9 Å². The van der Waals surface area contributed by atoms with Gasteiger partial charge in [0.15, 0.2) is 0 Å². The molecule has 0 aliphatic rings.